The molecule has 1 fully saturated rings. The summed E-state index contributed by atoms with van der Waals surface area (Å²) in [4.78, 5) is 25.8. The number of likely N-dealkylation sites (tertiary alicyclic amines) is 1. The summed E-state index contributed by atoms with van der Waals surface area (Å²) >= 11 is 0. The Morgan fingerprint density at radius 2 is 2.00 bits per heavy atom. The van der Waals surface area contributed by atoms with Crippen LogP contribution in [0.5, 0.6) is 0 Å². The highest BCUT2D eigenvalue weighted by molar-refractivity contribution is 6.12. The first-order valence-corrected chi connectivity index (χ1v) is 12.4. The quantitative estimate of drug-likeness (QED) is 0.308. The molecule has 194 valence electrons. The molecule has 2 aromatic heterocycles. The van der Waals surface area contributed by atoms with Crippen LogP contribution in [0, 0.1) is 12.7 Å². The molecule has 0 aliphatic carbocycles. The minimum Gasteiger partial charge on any atom is -0.351 e. The molecule has 3 heterocycles. The molecule has 0 radical (unpaired) electrons. The Morgan fingerprint density at radius 3 is 2.62 bits per heavy atom. The van der Waals surface area contributed by atoms with E-state index in [0.717, 1.165) is 37.9 Å². The zero-order chi connectivity index (χ0) is 26.5. The van der Waals surface area contributed by atoms with Crippen LogP contribution in [0.4, 0.5) is 14.6 Å². The van der Waals surface area contributed by atoms with E-state index in [4.69, 9.17) is 0 Å². The fourth-order valence-corrected chi connectivity index (χ4v) is 4.59. The van der Waals surface area contributed by atoms with E-state index in [1.807, 2.05) is 37.5 Å². The maximum absolute atomic E-state index is 14.9. The highest BCUT2D eigenvalue weighted by Crippen LogP contribution is 2.26. The van der Waals surface area contributed by atoms with Gasteiger partial charge in [-0.2, -0.15) is 0 Å². The van der Waals surface area contributed by atoms with Crippen LogP contribution in [-0.2, 0) is 4.79 Å². The minimum absolute atomic E-state index is 0.0629. The van der Waals surface area contributed by atoms with Gasteiger partial charge in [-0.05, 0) is 76.4 Å². The second kappa shape index (κ2) is 11.5. The van der Waals surface area contributed by atoms with Crippen LogP contribution in [0.15, 0.2) is 52.9 Å². The van der Waals surface area contributed by atoms with Crippen molar-refractivity contribution in [2.24, 2.45) is 4.99 Å². The van der Waals surface area contributed by atoms with Crippen LogP contribution < -0.4 is 5.32 Å². The molecular formula is C28H32F2N6O. The lowest BCUT2D eigenvalue weighted by atomic mass is 10.0. The van der Waals surface area contributed by atoms with E-state index in [2.05, 4.69) is 26.4 Å². The van der Waals surface area contributed by atoms with Crippen molar-refractivity contribution in [2.75, 3.05) is 25.1 Å². The monoisotopic (exact) mass is 506 g/mol. The number of hydrogen-bond acceptors (Lipinski definition) is 5. The van der Waals surface area contributed by atoms with E-state index in [9.17, 15) is 13.6 Å². The summed E-state index contributed by atoms with van der Waals surface area (Å²) in [7, 11) is 0. The third kappa shape index (κ3) is 5.93. The van der Waals surface area contributed by atoms with Crippen LogP contribution in [-0.4, -0.2) is 51.3 Å². The summed E-state index contributed by atoms with van der Waals surface area (Å²) in [5.41, 5.74) is 3.55. The first-order chi connectivity index (χ1) is 17.8. The maximum atomic E-state index is 14.9. The fraction of sp³-hybridized carbons (Fsp3) is 0.357. The minimum atomic E-state index is -0.538. The Bertz CT molecular complexity index is 1360. The number of amides is 1. The number of benzene rings is 1. The lowest BCUT2D eigenvalue weighted by Gasteiger charge is -2.24. The summed E-state index contributed by atoms with van der Waals surface area (Å²) in [5, 5.41) is 3.08. The van der Waals surface area contributed by atoms with Crippen LogP contribution in [0.2, 0.25) is 0 Å². The van der Waals surface area contributed by atoms with Crippen molar-refractivity contribution in [3.63, 3.8) is 0 Å². The van der Waals surface area contributed by atoms with Gasteiger partial charge in [0.15, 0.2) is 5.82 Å². The smallest absolute Gasteiger partial charge is 0.209 e. The molecule has 0 spiro atoms. The largest absolute Gasteiger partial charge is 0.351 e. The Kier molecular flexibility index (Phi) is 8.11. The molecule has 37 heavy (non-hydrogen) atoms. The van der Waals surface area contributed by atoms with Crippen molar-refractivity contribution < 1.29 is 13.6 Å². The number of rotatable bonds is 8. The summed E-state index contributed by atoms with van der Waals surface area (Å²) < 4.78 is 31.7. The molecule has 1 aliphatic rings. The number of halogens is 2. The summed E-state index contributed by atoms with van der Waals surface area (Å²) in [6, 6.07) is 6.87. The molecule has 0 bridgehead atoms. The number of piperidine rings is 1. The van der Waals surface area contributed by atoms with Crippen LogP contribution in [0.25, 0.3) is 17.1 Å². The number of nitrogens with zero attached hydrogens (tertiary/aromatic N) is 5. The average Bonchev–Trinajstić information content (AvgIpc) is 3.24. The van der Waals surface area contributed by atoms with Gasteiger partial charge in [0, 0.05) is 30.9 Å². The standard InChI is InChI=1S/C28H32F2N6O/c1-5-23(29)27(22-13-24(30)28-25(14-22)36(18(2)3)19(4)34-28)33-16-32-26-7-6-21(15-31-26)12-20-8-10-35(17-37)11-9-20/h5-7,12-15,17-18H,8-11,16H2,1-4H3,(H,31,32)/b23-5+,33-27-. The van der Waals surface area contributed by atoms with Crippen molar-refractivity contribution in [2.45, 2.75) is 46.6 Å². The van der Waals surface area contributed by atoms with Gasteiger partial charge in [0.05, 0.1) is 5.52 Å². The van der Waals surface area contributed by atoms with Crippen LogP contribution in [0.3, 0.4) is 0 Å². The lowest BCUT2D eigenvalue weighted by Crippen LogP contribution is -2.29. The number of pyridine rings is 1. The van der Waals surface area contributed by atoms with Crippen molar-refractivity contribution in [3.8, 4) is 0 Å². The third-order valence-electron chi connectivity index (χ3n) is 6.44. The maximum Gasteiger partial charge on any atom is 0.209 e. The van der Waals surface area contributed by atoms with Gasteiger partial charge in [-0.15, -0.1) is 0 Å². The molecule has 0 saturated carbocycles. The van der Waals surface area contributed by atoms with E-state index in [1.54, 1.807) is 24.1 Å². The summed E-state index contributed by atoms with van der Waals surface area (Å²) in [5.74, 6) is 0.243. The molecule has 1 amide bonds. The molecule has 1 aromatic carbocycles. The van der Waals surface area contributed by atoms with Gasteiger partial charge in [0.25, 0.3) is 0 Å². The number of carbonyl (C=O) groups is 1. The number of aryl methyl sites for hydroxylation is 1. The molecule has 3 aromatic rings. The molecule has 7 nitrogen and oxygen atoms in total. The summed E-state index contributed by atoms with van der Waals surface area (Å²) in [6.45, 7) is 8.94. The molecule has 0 unspecified atom stereocenters. The van der Waals surface area contributed by atoms with Crippen LogP contribution in [0.1, 0.15) is 56.6 Å². The van der Waals surface area contributed by atoms with E-state index < -0.39 is 11.6 Å². The number of allylic oxidation sites excluding steroid dienone is 2. The van der Waals surface area contributed by atoms with Gasteiger partial charge in [-0.25, -0.2) is 18.7 Å². The molecule has 1 saturated heterocycles. The topological polar surface area (TPSA) is 75.4 Å². The Labute approximate surface area is 215 Å². The number of hydrogen-bond donors (Lipinski definition) is 1. The predicted octanol–water partition coefficient (Wildman–Crippen LogP) is 5.83. The van der Waals surface area contributed by atoms with Crippen molar-refractivity contribution in [3.05, 3.63) is 70.7 Å². The second-order valence-corrected chi connectivity index (χ2v) is 9.35. The van der Waals surface area contributed by atoms with E-state index in [-0.39, 0.29) is 23.9 Å². The van der Waals surface area contributed by atoms with Crippen molar-refractivity contribution in [1.29, 1.82) is 0 Å². The number of aliphatic imine (C=N–C) groups is 1. The van der Waals surface area contributed by atoms with Gasteiger partial charge in [0.1, 0.15) is 35.4 Å². The number of anilines is 1. The molecule has 9 heteroatoms. The molecule has 1 aliphatic heterocycles. The zero-order valence-electron chi connectivity index (χ0n) is 21.6. The molecular weight excluding hydrogens is 474 g/mol. The number of nitrogens with one attached hydrogen (secondary N) is 1. The van der Waals surface area contributed by atoms with Crippen LogP contribution >= 0.6 is 0 Å². The number of aromatic nitrogens is 3. The van der Waals surface area contributed by atoms with E-state index in [1.165, 1.54) is 17.7 Å². The van der Waals surface area contributed by atoms with E-state index >= 15 is 0 Å². The fourth-order valence-electron chi connectivity index (χ4n) is 4.59. The van der Waals surface area contributed by atoms with Gasteiger partial charge < -0.3 is 14.8 Å². The van der Waals surface area contributed by atoms with Gasteiger partial charge in [0.2, 0.25) is 6.41 Å². The third-order valence-corrected chi connectivity index (χ3v) is 6.44. The highest BCUT2D eigenvalue weighted by atomic mass is 19.1. The first kappa shape index (κ1) is 26.2. The number of fused-ring (bicyclic) bond motifs is 1. The zero-order valence-corrected chi connectivity index (χ0v) is 21.6. The Morgan fingerprint density at radius 1 is 1.24 bits per heavy atom. The number of imidazole rings is 1. The average molecular weight is 507 g/mol. The summed E-state index contributed by atoms with van der Waals surface area (Å²) in [6.07, 6.45) is 7.78. The first-order valence-electron chi connectivity index (χ1n) is 12.4. The molecule has 4 rings (SSSR count). The normalized spacial score (nSPS) is 15.0. The highest BCUT2D eigenvalue weighted by Gasteiger charge is 2.18. The Hall–Kier alpha value is -3.88. The molecule has 0 atom stereocenters. The van der Waals surface area contributed by atoms with Gasteiger partial charge >= 0.3 is 0 Å². The molecule has 1 N–H and O–H groups in total. The predicted molar refractivity (Wildman–Crippen MR) is 144 cm³/mol. The second-order valence-electron chi connectivity index (χ2n) is 9.35. The van der Waals surface area contributed by atoms with Crippen molar-refractivity contribution >= 4 is 35.0 Å². The Balaban J connectivity index is 1.51. The number of carbonyl (C=O) groups excluding carboxylic acids is 1. The van der Waals surface area contributed by atoms with Crippen molar-refractivity contribution in [1.82, 2.24) is 19.4 Å². The van der Waals surface area contributed by atoms with Gasteiger partial charge in [-0.3, -0.25) is 9.79 Å². The SMILES string of the molecule is C/C=C(F)\C(=N/CNc1ccc(C=C2CCN(C=O)CC2)cn1)c1cc(F)c2nc(C)n(C(C)C)c2c1. The van der Waals surface area contributed by atoms with E-state index in [0.29, 0.717) is 22.7 Å². The lowest BCUT2D eigenvalue weighted by molar-refractivity contribution is -0.118. The van der Waals surface area contributed by atoms with Gasteiger partial charge in [-0.1, -0.05) is 11.6 Å².